The normalized spacial score (nSPS) is 11.9. The molecule has 0 unspecified atom stereocenters. The summed E-state index contributed by atoms with van der Waals surface area (Å²) >= 11 is 6.30. The molecule has 3 rings (SSSR count). The quantitative estimate of drug-likeness (QED) is 0.344. The Kier molecular flexibility index (Phi) is 6.97. The van der Waals surface area contributed by atoms with Gasteiger partial charge >= 0.3 is 6.36 Å². The number of benzene rings is 1. The van der Waals surface area contributed by atoms with Gasteiger partial charge < -0.3 is 14.3 Å². The molecule has 0 saturated carbocycles. The van der Waals surface area contributed by atoms with Crippen LogP contribution in [0.5, 0.6) is 17.4 Å². The Bertz CT molecular complexity index is 1110. The first-order valence-electron chi connectivity index (χ1n) is 9.51. The Labute approximate surface area is 187 Å². The molecule has 0 aliphatic heterocycles. The van der Waals surface area contributed by atoms with Crippen LogP contribution in [0.1, 0.15) is 29.6 Å². The largest absolute Gasteiger partial charge is 0.573 e. The van der Waals surface area contributed by atoms with Gasteiger partial charge in [-0.15, -0.1) is 13.2 Å². The van der Waals surface area contributed by atoms with Gasteiger partial charge in [0.25, 0.3) is 0 Å². The van der Waals surface area contributed by atoms with Gasteiger partial charge in [0.1, 0.15) is 11.5 Å². The number of halogens is 4. The molecule has 0 spiro atoms. The molecule has 8 nitrogen and oxygen atoms in total. The number of hydrogen-bond donors (Lipinski definition) is 0. The highest BCUT2D eigenvalue weighted by molar-refractivity contribution is 6.31. The highest BCUT2D eigenvalue weighted by Crippen LogP contribution is 2.29. The first-order valence-corrected chi connectivity index (χ1v) is 9.89. The average molecular weight is 472 g/mol. The van der Waals surface area contributed by atoms with E-state index in [1.165, 1.54) is 23.0 Å². The molecular weight excluding hydrogens is 451 g/mol. The summed E-state index contributed by atoms with van der Waals surface area (Å²) in [5.74, 6) is 0.291. The molecule has 3 aromatic rings. The van der Waals surface area contributed by atoms with E-state index in [9.17, 15) is 13.2 Å². The number of aromatic nitrogens is 4. The minimum Gasteiger partial charge on any atom is -0.439 e. The highest BCUT2D eigenvalue weighted by atomic mass is 35.5. The molecule has 0 saturated heterocycles. The molecule has 172 valence electrons. The van der Waals surface area contributed by atoms with E-state index >= 15 is 0 Å². The second kappa shape index (κ2) is 9.51. The standard InChI is InChI=1S/C20H21ClF3N5O3/c1-5-16-18(21)17(28(3)27-16)11-30-25-10-15-12(2)26-29(4)19(15)31-13-6-8-14(9-7-13)32-20(22,23)24/h6-10H,5,11H2,1-4H3/b25-10-. The zero-order valence-electron chi connectivity index (χ0n) is 17.8. The van der Waals surface area contributed by atoms with E-state index in [-0.39, 0.29) is 12.4 Å². The summed E-state index contributed by atoms with van der Waals surface area (Å²) in [6, 6.07) is 5.03. The van der Waals surface area contributed by atoms with Crippen molar-refractivity contribution in [3.8, 4) is 17.4 Å². The zero-order chi connectivity index (χ0) is 23.5. The summed E-state index contributed by atoms with van der Waals surface area (Å²) in [7, 11) is 3.44. The van der Waals surface area contributed by atoms with E-state index in [2.05, 4.69) is 20.1 Å². The van der Waals surface area contributed by atoms with Crippen LogP contribution in [0.15, 0.2) is 29.4 Å². The molecule has 0 radical (unpaired) electrons. The van der Waals surface area contributed by atoms with Gasteiger partial charge in [-0.2, -0.15) is 10.2 Å². The van der Waals surface area contributed by atoms with Crippen molar-refractivity contribution in [2.24, 2.45) is 19.3 Å². The molecular formula is C20H21ClF3N5O3. The van der Waals surface area contributed by atoms with Gasteiger partial charge in [-0.25, -0.2) is 4.68 Å². The fourth-order valence-corrected chi connectivity index (χ4v) is 3.26. The van der Waals surface area contributed by atoms with Crippen molar-refractivity contribution in [1.29, 1.82) is 0 Å². The summed E-state index contributed by atoms with van der Waals surface area (Å²) in [6.07, 6.45) is -2.61. The van der Waals surface area contributed by atoms with E-state index in [0.717, 1.165) is 17.8 Å². The second-order valence-corrected chi connectivity index (χ2v) is 7.12. The van der Waals surface area contributed by atoms with Crippen LogP contribution in [0.4, 0.5) is 13.2 Å². The van der Waals surface area contributed by atoms with Crippen molar-refractivity contribution in [2.75, 3.05) is 0 Å². The first kappa shape index (κ1) is 23.5. The molecule has 0 fully saturated rings. The van der Waals surface area contributed by atoms with Crippen LogP contribution in [-0.2, 0) is 32.0 Å². The fourth-order valence-electron chi connectivity index (χ4n) is 2.91. The molecule has 1 aromatic carbocycles. The maximum absolute atomic E-state index is 12.3. The van der Waals surface area contributed by atoms with Gasteiger partial charge in [0.05, 0.1) is 33.9 Å². The molecule has 0 aliphatic rings. The third-order valence-corrected chi connectivity index (χ3v) is 4.88. The van der Waals surface area contributed by atoms with Crippen molar-refractivity contribution < 1.29 is 27.5 Å². The fraction of sp³-hybridized carbons (Fsp3) is 0.350. The maximum atomic E-state index is 12.3. The third-order valence-electron chi connectivity index (χ3n) is 4.45. The van der Waals surface area contributed by atoms with Gasteiger partial charge in [-0.05, 0) is 37.6 Å². The molecule has 12 heteroatoms. The second-order valence-electron chi connectivity index (χ2n) is 6.74. The Balaban J connectivity index is 1.71. The third kappa shape index (κ3) is 5.52. The van der Waals surface area contributed by atoms with Gasteiger partial charge in [-0.3, -0.25) is 4.68 Å². The zero-order valence-corrected chi connectivity index (χ0v) is 18.5. The van der Waals surface area contributed by atoms with Crippen LogP contribution in [0.25, 0.3) is 0 Å². The average Bonchev–Trinajstić information content (AvgIpc) is 3.14. The number of hydrogen-bond acceptors (Lipinski definition) is 6. The molecule has 0 amide bonds. The van der Waals surface area contributed by atoms with E-state index in [0.29, 0.717) is 40.0 Å². The van der Waals surface area contributed by atoms with Crippen molar-refractivity contribution >= 4 is 17.8 Å². The smallest absolute Gasteiger partial charge is 0.439 e. The van der Waals surface area contributed by atoms with Crippen molar-refractivity contribution in [1.82, 2.24) is 19.6 Å². The lowest BCUT2D eigenvalue weighted by Gasteiger charge is -2.10. The van der Waals surface area contributed by atoms with E-state index in [1.54, 1.807) is 25.7 Å². The van der Waals surface area contributed by atoms with Gasteiger partial charge in [-0.1, -0.05) is 23.7 Å². The Morgan fingerprint density at radius 2 is 1.75 bits per heavy atom. The monoisotopic (exact) mass is 471 g/mol. The number of alkyl halides is 3. The number of ether oxygens (including phenoxy) is 2. The number of nitrogens with zero attached hydrogens (tertiary/aromatic N) is 5. The lowest BCUT2D eigenvalue weighted by atomic mass is 10.3. The van der Waals surface area contributed by atoms with E-state index in [4.69, 9.17) is 21.2 Å². The van der Waals surface area contributed by atoms with E-state index in [1.807, 2.05) is 6.92 Å². The predicted molar refractivity (Wildman–Crippen MR) is 111 cm³/mol. The van der Waals surface area contributed by atoms with Crippen LogP contribution in [0.3, 0.4) is 0 Å². The first-order chi connectivity index (χ1) is 15.1. The van der Waals surface area contributed by atoms with Crippen LogP contribution in [0.2, 0.25) is 5.02 Å². The number of rotatable bonds is 8. The molecule has 2 aromatic heterocycles. The van der Waals surface area contributed by atoms with Crippen LogP contribution >= 0.6 is 11.6 Å². The molecule has 0 atom stereocenters. The van der Waals surface area contributed by atoms with Gasteiger partial charge in [0, 0.05) is 14.1 Å². The number of oxime groups is 1. The van der Waals surface area contributed by atoms with Crippen molar-refractivity contribution in [2.45, 2.75) is 33.2 Å². The van der Waals surface area contributed by atoms with Crippen LogP contribution < -0.4 is 9.47 Å². The highest BCUT2D eigenvalue weighted by Gasteiger charge is 2.31. The topological polar surface area (TPSA) is 75.7 Å². The van der Waals surface area contributed by atoms with Crippen LogP contribution in [0, 0.1) is 6.92 Å². The lowest BCUT2D eigenvalue weighted by molar-refractivity contribution is -0.274. The van der Waals surface area contributed by atoms with Crippen LogP contribution in [-0.4, -0.2) is 32.1 Å². The molecule has 2 heterocycles. The summed E-state index contributed by atoms with van der Waals surface area (Å²) in [5, 5.41) is 13.1. The Morgan fingerprint density at radius 1 is 1.09 bits per heavy atom. The number of aryl methyl sites for hydroxylation is 4. The van der Waals surface area contributed by atoms with E-state index < -0.39 is 6.36 Å². The summed E-state index contributed by atoms with van der Waals surface area (Å²) in [4.78, 5) is 5.38. The maximum Gasteiger partial charge on any atom is 0.573 e. The Morgan fingerprint density at radius 3 is 2.34 bits per heavy atom. The van der Waals surface area contributed by atoms with Crippen molar-refractivity contribution in [3.63, 3.8) is 0 Å². The van der Waals surface area contributed by atoms with Gasteiger partial charge in [0.2, 0.25) is 5.88 Å². The molecule has 0 bridgehead atoms. The molecule has 0 aliphatic carbocycles. The molecule has 0 N–H and O–H groups in total. The minimum absolute atomic E-state index is 0.120. The summed E-state index contributed by atoms with van der Waals surface area (Å²) in [5.41, 5.74) is 2.65. The Hall–Kier alpha value is -3.21. The SMILES string of the molecule is CCc1nn(C)c(CO/N=C\c2c(C)nn(C)c2Oc2ccc(OC(F)(F)F)cc2)c1Cl. The van der Waals surface area contributed by atoms with Crippen molar-refractivity contribution in [3.05, 3.63) is 51.9 Å². The lowest BCUT2D eigenvalue weighted by Crippen LogP contribution is -2.16. The molecule has 32 heavy (non-hydrogen) atoms. The van der Waals surface area contributed by atoms with Gasteiger partial charge in [0.15, 0.2) is 6.61 Å². The summed E-state index contributed by atoms with van der Waals surface area (Å²) in [6.45, 7) is 3.84. The minimum atomic E-state index is -4.76. The summed E-state index contributed by atoms with van der Waals surface area (Å²) < 4.78 is 49.7. The predicted octanol–water partition coefficient (Wildman–Crippen LogP) is 4.92.